The summed E-state index contributed by atoms with van der Waals surface area (Å²) in [6.07, 6.45) is 3.53. The van der Waals surface area contributed by atoms with Crippen molar-refractivity contribution in [1.29, 1.82) is 0 Å². The Hall–Kier alpha value is -1.68. The molecule has 1 aromatic rings. The summed E-state index contributed by atoms with van der Waals surface area (Å²) in [5.74, 6) is 1.05. The molecule has 0 aromatic heterocycles. The van der Waals surface area contributed by atoms with Crippen LogP contribution in [0.3, 0.4) is 0 Å². The highest BCUT2D eigenvalue weighted by Crippen LogP contribution is 2.41. The normalized spacial score (nSPS) is 22.4. The Morgan fingerprint density at radius 3 is 2.81 bits per heavy atom. The monoisotopic (exact) mass is 222 g/mol. The van der Waals surface area contributed by atoms with Crippen LogP contribution in [-0.2, 0) is 0 Å². The van der Waals surface area contributed by atoms with Crippen molar-refractivity contribution >= 4 is 6.08 Å². The van der Waals surface area contributed by atoms with Crippen LogP contribution in [-0.4, -0.2) is 29.5 Å². The highest BCUT2D eigenvalue weighted by atomic mass is 16.5. The second-order valence-corrected chi connectivity index (χ2v) is 3.94. The molecule has 0 radical (unpaired) electrons. The largest absolute Gasteiger partial charge is 0.504 e. The van der Waals surface area contributed by atoms with E-state index in [4.69, 9.17) is 9.47 Å². The summed E-state index contributed by atoms with van der Waals surface area (Å²) in [6.45, 7) is 1.68. The van der Waals surface area contributed by atoms with Crippen LogP contribution < -0.4 is 9.47 Å². The van der Waals surface area contributed by atoms with Gasteiger partial charge in [0.2, 0.25) is 0 Å². The van der Waals surface area contributed by atoms with E-state index in [0.717, 1.165) is 0 Å². The molecular weight excluding hydrogens is 208 g/mol. The predicted octanol–water partition coefficient (Wildman–Crippen LogP) is 1.56. The molecule has 1 atom stereocenters. The second kappa shape index (κ2) is 3.72. The lowest BCUT2D eigenvalue weighted by Gasteiger charge is -2.30. The van der Waals surface area contributed by atoms with Crippen LogP contribution >= 0.6 is 0 Å². The average Bonchev–Trinajstić information content (AvgIpc) is 2.29. The van der Waals surface area contributed by atoms with E-state index in [1.54, 1.807) is 25.1 Å². The topological polar surface area (TPSA) is 58.9 Å². The summed E-state index contributed by atoms with van der Waals surface area (Å²) in [5, 5.41) is 18.8. The van der Waals surface area contributed by atoms with E-state index in [9.17, 15) is 10.2 Å². The van der Waals surface area contributed by atoms with Gasteiger partial charge >= 0.3 is 0 Å². The van der Waals surface area contributed by atoms with Gasteiger partial charge in [-0.05, 0) is 31.2 Å². The van der Waals surface area contributed by atoms with E-state index in [0.29, 0.717) is 17.1 Å². The predicted molar refractivity (Wildman–Crippen MR) is 59.8 cm³/mol. The van der Waals surface area contributed by atoms with Gasteiger partial charge in [-0.25, -0.2) is 0 Å². The molecule has 1 heterocycles. The quantitative estimate of drug-likeness (QED) is 0.797. The van der Waals surface area contributed by atoms with E-state index >= 15 is 0 Å². The first-order chi connectivity index (χ1) is 7.59. The number of ether oxygens (including phenoxy) is 2. The molecule has 0 unspecified atom stereocenters. The smallest absolute Gasteiger partial charge is 0.171 e. The Kier molecular flexibility index (Phi) is 2.52. The van der Waals surface area contributed by atoms with Crippen LogP contribution in [0.1, 0.15) is 12.5 Å². The molecule has 1 aliphatic heterocycles. The minimum absolute atomic E-state index is 0.0714. The second-order valence-electron chi connectivity index (χ2n) is 3.94. The van der Waals surface area contributed by atoms with Crippen molar-refractivity contribution < 1.29 is 19.7 Å². The minimum atomic E-state index is -0.713. The van der Waals surface area contributed by atoms with Gasteiger partial charge < -0.3 is 19.7 Å². The molecule has 1 aliphatic rings. The Bertz CT molecular complexity index is 439. The Balaban J connectivity index is 2.50. The molecule has 0 spiro atoms. The highest BCUT2D eigenvalue weighted by molar-refractivity contribution is 5.70. The third kappa shape index (κ3) is 1.61. The van der Waals surface area contributed by atoms with Crippen LogP contribution in [0.25, 0.3) is 6.08 Å². The molecule has 16 heavy (non-hydrogen) atoms. The van der Waals surface area contributed by atoms with E-state index in [2.05, 4.69) is 0 Å². The molecule has 2 N–H and O–H groups in total. The van der Waals surface area contributed by atoms with Gasteiger partial charge in [-0.15, -0.1) is 0 Å². The maximum Gasteiger partial charge on any atom is 0.171 e. The molecule has 1 aromatic carbocycles. The number of phenolic OH excluding ortho intramolecular Hbond substituents is 1. The first kappa shape index (κ1) is 10.8. The standard InChI is InChI=1S/C12H14O4/c1-12(7-13)6-5-8-10(16-12)4-3-9(14)11(8)15-2/h3-6,13-14H,7H2,1-2H3/t12-/m0/s1. The van der Waals surface area contributed by atoms with Gasteiger partial charge in [0.1, 0.15) is 11.4 Å². The van der Waals surface area contributed by atoms with Gasteiger partial charge in [-0.1, -0.05) is 0 Å². The lowest BCUT2D eigenvalue weighted by Crippen LogP contribution is -2.35. The van der Waals surface area contributed by atoms with Crippen LogP contribution in [0.15, 0.2) is 18.2 Å². The number of hydrogen-bond acceptors (Lipinski definition) is 4. The third-order valence-corrected chi connectivity index (χ3v) is 2.60. The summed E-state index contributed by atoms with van der Waals surface area (Å²) in [5.41, 5.74) is -0.0250. The van der Waals surface area contributed by atoms with Crippen LogP contribution in [0.2, 0.25) is 0 Å². The van der Waals surface area contributed by atoms with E-state index in [1.807, 2.05) is 0 Å². The zero-order valence-corrected chi connectivity index (χ0v) is 9.23. The highest BCUT2D eigenvalue weighted by Gasteiger charge is 2.28. The van der Waals surface area contributed by atoms with E-state index in [1.165, 1.54) is 13.2 Å². The number of methoxy groups -OCH3 is 1. The number of aliphatic hydroxyl groups excluding tert-OH is 1. The molecule has 2 rings (SSSR count). The summed E-state index contributed by atoms with van der Waals surface area (Å²) in [6, 6.07) is 3.17. The van der Waals surface area contributed by atoms with Crippen molar-refractivity contribution in [2.45, 2.75) is 12.5 Å². The van der Waals surface area contributed by atoms with Crippen molar-refractivity contribution in [3.63, 3.8) is 0 Å². The SMILES string of the molecule is COc1c(O)ccc2c1C=C[C@@](C)(CO)O2. The maximum atomic E-state index is 9.59. The van der Waals surface area contributed by atoms with Gasteiger partial charge in [-0.2, -0.15) is 0 Å². The molecule has 0 bridgehead atoms. The fourth-order valence-electron chi connectivity index (χ4n) is 1.66. The molecule has 0 saturated heterocycles. The fraction of sp³-hybridized carbons (Fsp3) is 0.333. The molecule has 4 nitrogen and oxygen atoms in total. The van der Waals surface area contributed by atoms with Gasteiger partial charge in [0.05, 0.1) is 19.3 Å². The molecule has 4 heteroatoms. The van der Waals surface area contributed by atoms with Crippen LogP contribution in [0, 0.1) is 0 Å². The maximum absolute atomic E-state index is 9.59. The summed E-state index contributed by atoms with van der Waals surface area (Å²) in [4.78, 5) is 0. The first-order valence-electron chi connectivity index (χ1n) is 4.99. The van der Waals surface area contributed by atoms with Crippen molar-refractivity contribution in [3.05, 3.63) is 23.8 Å². The Morgan fingerprint density at radius 2 is 2.19 bits per heavy atom. The minimum Gasteiger partial charge on any atom is -0.504 e. The first-order valence-corrected chi connectivity index (χ1v) is 4.99. The summed E-state index contributed by atoms with van der Waals surface area (Å²) >= 11 is 0. The number of rotatable bonds is 2. The molecule has 0 amide bonds. The van der Waals surface area contributed by atoms with Gasteiger partial charge in [0.25, 0.3) is 0 Å². The van der Waals surface area contributed by atoms with Crippen molar-refractivity contribution in [1.82, 2.24) is 0 Å². The zero-order chi connectivity index (χ0) is 11.8. The third-order valence-electron chi connectivity index (χ3n) is 2.60. The van der Waals surface area contributed by atoms with Crippen LogP contribution in [0.5, 0.6) is 17.2 Å². The van der Waals surface area contributed by atoms with Crippen molar-refractivity contribution in [2.75, 3.05) is 13.7 Å². The molecular formula is C12H14O4. The lowest BCUT2D eigenvalue weighted by molar-refractivity contribution is 0.0637. The molecule has 0 fully saturated rings. The number of aromatic hydroxyl groups is 1. The zero-order valence-electron chi connectivity index (χ0n) is 9.23. The van der Waals surface area contributed by atoms with Crippen LogP contribution in [0.4, 0.5) is 0 Å². The van der Waals surface area contributed by atoms with Crippen molar-refractivity contribution in [2.24, 2.45) is 0 Å². The van der Waals surface area contributed by atoms with Gasteiger partial charge in [0.15, 0.2) is 11.5 Å². The lowest BCUT2D eigenvalue weighted by atomic mass is 10.0. The number of phenols is 1. The van der Waals surface area contributed by atoms with Gasteiger partial charge in [0, 0.05) is 0 Å². The fourth-order valence-corrected chi connectivity index (χ4v) is 1.66. The van der Waals surface area contributed by atoms with E-state index in [-0.39, 0.29) is 12.4 Å². The number of hydrogen-bond donors (Lipinski definition) is 2. The summed E-state index contributed by atoms with van der Waals surface area (Å²) < 4.78 is 10.7. The number of aliphatic hydroxyl groups is 1. The molecule has 86 valence electrons. The number of benzene rings is 1. The summed E-state index contributed by atoms with van der Waals surface area (Å²) in [7, 11) is 1.49. The molecule has 0 aliphatic carbocycles. The van der Waals surface area contributed by atoms with E-state index < -0.39 is 5.60 Å². The van der Waals surface area contributed by atoms with Gasteiger partial charge in [-0.3, -0.25) is 0 Å². The van der Waals surface area contributed by atoms with Crippen molar-refractivity contribution in [3.8, 4) is 17.2 Å². The Labute approximate surface area is 93.7 Å². The Morgan fingerprint density at radius 1 is 1.44 bits per heavy atom. The molecule has 0 saturated carbocycles. The average molecular weight is 222 g/mol. The number of fused-ring (bicyclic) bond motifs is 1.